The monoisotopic (exact) mass is 540 g/mol. The Bertz CT molecular complexity index is 1250. The Labute approximate surface area is 229 Å². The van der Waals surface area contributed by atoms with Crippen LogP contribution in [-0.2, 0) is 4.79 Å². The summed E-state index contributed by atoms with van der Waals surface area (Å²) in [4.78, 5) is 35.6. The lowest BCUT2D eigenvalue weighted by Crippen LogP contribution is -2.44. The van der Waals surface area contributed by atoms with E-state index in [-0.39, 0.29) is 36.3 Å². The third kappa shape index (κ3) is 6.19. The Balaban J connectivity index is 0.00000336. The predicted octanol–water partition coefficient (Wildman–Crippen LogP) is 3.17. The van der Waals surface area contributed by atoms with Gasteiger partial charge in [-0.1, -0.05) is 0 Å². The molecule has 0 aliphatic carbocycles. The molecule has 2 aliphatic heterocycles. The van der Waals surface area contributed by atoms with E-state index in [1.54, 1.807) is 11.4 Å². The molecule has 2 amide bonds. The Morgan fingerprint density at radius 3 is 2.34 bits per heavy atom. The molecule has 0 unspecified atom stereocenters. The molecule has 2 saturated heterocycles. The van der Waals surface area contributed by atoms with Crippen molar-refractivity contribution in [2.24, 2.45) is 0 Å². The number of nitrogens with one attached hydrogen (secondary N) is 2. The molecule has 10 nitrogen and oxygen atoms in total. The average molecular weight is 541 g/mol. The third-order valence-corrected chi connectivity index (χ3v) is 7.53. The second-order valence-corrected chi connectivity index (χ2v) is 10.2. The van der Waals surface area contributed by atoms with E-state index in [1.807, 2.05) is 48.5 Å². The molecule has 0 atom stereocenters. The molecule has 0 radical (unpaired) electrons. The lowest BCUT2D eigenvalue weighted by molar-refractivity contribution is -0.119. The molecule has 4 heterocycles. The number of aromatic nitrogens is 3. The maximum Gasteiger partial charge on any atom is 0.253 e. The molecule has 0 saturated carbocycles. The van der Waals surface area contributed by atoms with Crippen molar-refractivity contribution in [1.29, 1.82) is 0 Å². The quantitative estimate of drug-likeness (QED) is 0.495. The minimum atomic E-state index is 0. The average Bonchev–Trinajstić information content (AvgIpc) is 3.31. The van der Waals surface area contributed by atoms with Gasteiger partial charge in [0.1, 0.15) is 0 Å². The molecule has 0 spiro atoms. The number of fused-ring (bicyclic) bond motifs is 1. The van der Waals surface area contributed by atoms with Crippen molar-refractivity contribution in [3.63, 3.8) is 0 Å². The molecule has 1 aromatic carbocycles. The van der Waals surface area contributed by atoms with Gasteiger partial charge in [-0.25, -0.2) is 4.52 Å². The number of carbonyl (C=O) groups excluding carboxylic acids is 2. The van der Waals surface area contributed by atoms with Crippen LogP contribution in [0, 0.1) is 0 Å². The van der Waals surface area contributed by atoms with Gasteiger partial charge in [-0.05, 0) is 82.2 Å². The summed E-state index contributed by atoms with van der Waals surface area (Å²) < 4.78 is 1.78. The number of amides is 2. The van der Waals surface area contributed by atoms with E-state index in [9.17, 15) is 9.59 Å². The van der Waals surface area contributed by atoms with Crippen molar-refractivity contribution in [2.45, 2.75) is 44.7 Å². The number of benzene rings is 1. The summed E-state index contributed by atoms with van der Waals surface area (Å²) in [6, 6.07) is 12.1. The third-order valence-electron chi connectivity index (χ3n) is 7.53. The van der Waals surface area contributed by atoms with Gasteiger partial charge in [-0.2, -0.15) is 4.98 Å². The number of likely N-dealkylation sites (tertiary alicyclic amines) is 1. The first kappa shape index (κ1) is 27.7. The number of hydrogen-bond acceptors (Lipinski definition) is 7. The van der Waals surface area contributed by atoms with Crippen LogP contribution in [0.5, 0.6) is 0 Å². The van der Waals surface area contributed by atoms with Gasteiger partial charge in [-0.15, -0.1) is 17.5 Å². The molecule has 0 bridgehead atoms. The van der Waals surface area contributed by atoms with Gasteiger partial charge in [0, 0.05) is 56.6 Å². The van der Waals surface area contributed by atoms with Crippen molar-refractivity contribution in [2.75, 3.05) is 50.5 Å². The lowest BCUT2D eigenvalue weighted by Gasteiger charge is -2.35. The zero-order chi connectivity index (χ0) is 25.9. The van der Waals surface area contributed by atoms with Crippen LogP contribution in [0.2, 0.25) is 0 Å². The van der Waals surface area contributed by atoms with Crippen LogP contribution in [0.1, 0.15) is 43.0 Å². The number of hydrogen-bond donors (Lipinski definition) is 2. The zero-order valence-electron chi connectivity index (χ0n) is 22.3. The van der Waals surface area contributed by atoms with Crippen LogP contribution < -0.4 is 15.5 Å². The Morgan fingerprint density at radius 1 is 1.00 bits per heavy atom. The second-order valence-electron chi connectivity index (χ2n) is 10.2. The Hall–Kier alpha value is -3.37. The zero-order valence-corrected chi connectivity index (χ0v) is 23.1. The van der Waals surface area contributed by atoms with E-state index in [0.717, 1.165) is 68.9 Å². The predicted molar refractivity (Wildman–Crippen MR) is 152 cm³/mol. The van der Waals surface area contributed by atoms with Gasteiger partial charge < -0.3 is 25.3 Å². The van der Waals surface area contributed by atoms with E-state index < -0.39 is 0 Å². The molecule has 2 aliphatic rings. The first-order valence-corrected chi connectivity index (χ1v) is 13.1. The number of nitrogens with zero attached hydrogens (tertiary/aromatic N) is 6. The maximum absolute atomic E-state index is 13.0. The number of carbonyl (C=O) groups is 2. The van der Waals surface area contributed by atoms with E-state index in [0.29, 0.717) is 11.5 Å². The van der Waals surface area contributed by atoms with Crippen molar-refractivity contribution in [1.82, 2.24) is 29.7 Å². The summed E-state index contributed by atoms with van der Waals surface area (Å²) in [7, 11) is 4.03. The number of pyridine rings is 1. The molecular formula is C27H37ClN8O2. The fourth-order valence-corrected chi connectivity index (χ4v) is 5.32. The minimum Gasteiger partial charge on any atom is -0.368 e. The fourth-order valence-electron chi connectivity index (χ4n) is 5.32. The van der Waals surface area contributed by atoms with Crippen molar-refractivity contribution < 1.29 is 9.59 Å². The highest BCUT2D eigenvalue weighted by molar-refractivity contribution is 5.94. The van der Waals surface area contributed by atoms with Crippen LogP contribution in [0.3, 0.4) is 0 Å². The van der Waals surface area contributed by atoms with E-state index in [4.69, 9.17) is 4.98 Å². The van der Waals surface area contributed by atoms with E-state index >= 15 is 0 Å². The topological polar surface area (TPSA) is 98.1 Å². The summed E-state index contributed by atoms with van der Waals surface area (Å²) in [6.45, 7) is 5.31. The number of piperidine rings is 2. The summed E-state index contributed by atoms with van der Waals surface area (Å²) >= 11 is 0. The standard InChI is InChI=1S/C27H36N8O2.ClH/c1-19(36)28-22-10-17-34(18-11-22)24-5-4-14-35-25(24)30-27(31-35)29-21-8-6-20(7-9-21)26(37)33(3)23-12-15-32(2)16-13-23;/h4-9,14,22-23H,10-13,15-18H2,1-3H3,(H,28,36)(H,29,31);1H. The minimum absolute atomic E-state index is 0. The van der Waals surface area contributed by atoms with Crippen LogP contribution in [-0.4, -0.2) is 88.6 Å². The number of anilines is 3. The van der Waals surface area contributed by atoms with Gasteiger partial charge >= 0.3 is 0 Å². The van der Waals surface area contributed by atoms with Crippen LogP contribution in [0.25, 0.3) is 5.65 Å². The molecule has 11 heteroatoms. The lowest BCUT2D eigenvalue weighted by atomic mass is 10.0. The fraction of sp³-hybridized carbons (Fsp3) is 0.481. The highest BCUT2D eigenvalue weighted by Crippen LogP contribution is 2.26. The van der Waals surface area contributed by atoms with Crippen molar-refractivity contribution in [3.8, 4) is 0 Å². The Morgan fingerprint density at radius 2 is 1.68 bits per heavy atom. The molecule has 2 N–H and O–H groups in total. The van der Waals surface area contributed by atoms with Crippen molar-refractivity contribution >= 4 is 47.2 Å². The number of halogens is 1. The first-order chi connectivity index (χ1) is 17.9. The molecule has 2 aromatic heterocycles. The normalized spacial score (nSPS) is 17.2. The first-order valence-electron chi connectivity index (χ1n) is 13.1. The molecule has 5 rings (SSSR count). The SMILES string of the molecule is CC(=O)NC1CCN(c2cccn3nc(Nc4ccc(C(=O)N(C)C5CCN(C)CC5)cc4)nc23)CC1.Cl. The van der Waals surface area contributed by atoms with Gasteiger partial charge in [0.2, 0.25) is 11.9 Å². The maximum atomic E-state index is 13.0. The molecule has 3 aromatic rings. The van der Waals surface area contributed by atoms with Gasteiger partial charge in [0.25, 0.3) is 5.91 Å². The van der Waals surface area contributed by atoms with E-state index in [2.05, 4.69) is 38.6 Å². The van der Waals surface area contributed by atoms with Crippen LogP contribution >= 0.6 is 12.4 Å². The molecular weight excluding hydrogens is 504 g/mol. The largest absolute Gasteiger partial charge is 0.368 e. The highest BCUT2D eigenvalue weighted by atomic mass is 35.5. The van der Waals surface area contributed by atoms with Gasteiger partial charge in [0.05, 0.1) is 5.69 Å². The van der Waals surface area contributed by atoms with Crippen LogP contribution in [0.15, 0.2) is 42.6 Å². The van der Waals surface area contributed by atoms with Crippen molar-refractivity contribution in [3.05, 3.63) is 48.2 Å². The highest BCUT2D eigenvalue weighted by Gasteiger charge is 2.25. The summed E-state index contributed by atoms with van der Waals surface area (Å²) in [5.41, 5.74) is 3.32. The van der Waals surface area contributed by atoms with E-state index in [1.165, 1.54) is 0 Å². The number of rotatable bonds is 6. The molecule has 2 fully saturated rings. The van der Waals surface area contributed by atoms with Gasteiger partial charge in [-0.3, -0.25) is 9.59 Å². The summed E-state index contributed by atoms with van der Waals surface area (Å²) in [5, 5.41) is 10.9. The molecule has 38 heavy (non-hydrogen) atoms. The molecule has 204 valence electrons. The van der Waals surface area contributed by atoms with Crippen LogP contribution in [0.4, 0.5) is 17.3 Å². The Kier molecular flexibility index (Phi) is 8.73. The summed E-state index contributed by atoms with van der Waals surface area (Å²) in [6.07, 6.45) is 5.71. The summed E-state index contributed by atoms with van der Waals surface area (Å²) in [5.74, 6) is 0.581. The second kappa shape index (κ2) is 12.0. The van der Waals surface area contributed by atoms with Gasteiger partial charge in [0.15, 0.2) is 5.65 Å². The smallest absolute Gasteiger partial charge is 0.253 e.